The van der Waals surface area contributed by atoms with Crippen molar-refractivity contribution in [2.45, 2.75) is 0 Å². The first-order valence-corrected chi connectivity index (χ1v) is 8.56. The summed E-state index contributed by atoms with van der Waals surface area (Å²) in [4.78, 5) is 29.0. The molecule has 2 amide bonds. The second-order valence-electron chi connectivity index (χ2n) is 5.91. The first kappa shape index (κ1) is 19.8. The summed E-state index contributed by atoms with van der Waals surface area (Å²) in [6, 6.07) is 13.3. The Kier molecular flexibility index (Phi) is 6.03. The van der Waals surface area contributed by atoms with Gasteiger partial charge in [-0.1, -0.05) is 6.07 Å². The van der Waals surface area contributed by atoms with Crippen LogP contribution in [0.5, 0.6) is 11.5 Å². The van der Waals surface area contributed by atoms with E-state index in [0.717, 1.165) is 0 Å². The number of ether oxygens (including phenoxy) is 2. The molecule has 0 radical (unpaired) electrons. The molecule has 0 spiro atoms. The van der Waals surface area contributed by atoms with Gasteiger partial charge < -0.3 is 20.1 Å². The number of hydrogen-bond donors (Lipinski definition) is 2. The summed E-state index contributed by atoms with van der Waals surface area (Å²) in [6.45, 7) is 0. The van der Waals surface area contributed by atoms with Gasteiger partial charge in [0.2, 0.25) is 0 Å². The number of nitrogens with one attached hydrogen (secondary N) is 2. The van der Waals surface area contributed by atoms with Gasteiger partial charge in [-0.05, 0) is 42.5 Å². The third-order valence-electron chi connectivity index (χ3n) is 3.99. The van der Waals surface area contributed by atoms with Gasteiger partial charge in [0.25, 0.3) is 11.8 Å². The van der Waals surface area contributed by atoms with Gasteiger partial charge in [0, 0.05) is 23.5 Å². The number of hydrogen-bond acceptors (Lipinski definition) is 5. The van der Waals surface area contributed by atoms with Gasteiger partial charge in [0.15, 0.2) is 0 Å². The highest BCUT2D eigenvalue weighted by molar-refractivity contribution is 6.08. The molecule has 7 nitrogen and oxygen atoms in total. The number of anilines is 2. The molecule has 0 aliphatic rings. The Morgan fingerprint density at radius 1 is 0.931 bits per heavy atom. The maximum Gasteiger partial charge on any atom is 0.274 e. The van der Waals surface area contributed by atoms with Crippen LogP contribution in [0.3, 0.4) is 0 Å². The van der Waals surface area contributed by atoms with Crippen molar-refractivity contribution in [3.8, 4) is 11.5 Å². The number of halogens is 1. The minimum atomic E-state index is -0.531. The lowest BCUT2D eigenvalue weighted by atomic mass is 10.2. The number of aromatic nitrogens is 1. The van der Waals surface area contributed by atoms with Crippen molar-refractivity contribution >= 4 is 23.2 Å². The van der Waals surface area contributed by atoms with Gasteiger partial charge >= 0.3 is 0 Å². The SMILES string of the molecule is COc1ccc(OC)c(NC(=O)c2cc(C(=O)Nc3cccc(F)c3)ccn2)c1. The van der Waals surface area contributed by atoms with E-state index < -0.39 is 17.6 Å². The molecule has 1 aromatic heterocycles. The van der Waals surface area contributed by atoms with Crippen molar-refractivity contribution in [3.05, 3.63) is 77.9 Å². The molecule has 0 saturated carbocycles. The molecule has 0 unspecified atom stereocenters. The molecule has 29 heavy (non-hydrogen) atoms. The van der Waals surface area contributed by atoms with Crippen molar-refractivity contribution in [2.24, 2.45) is 0 Å². The Morgan fingerprint density at radius 3 is 2.48 bits per heavy atom. The zero-order valence-electron chi connectivity index (χ0n) is 15.7. The van der Waals surface area contributed by atoms with Crippen LogP contribution in [0.2, 0.25) is 0 Å². The van der Waals surface area contributed by atoms with Crippen LogP contribution in [0.15, 0.2) is 60.8 Å². The number of carbonyl (C=O) groups excluding carboxylic acids is 2. The summed E-state index contributed by atoms with van der Waals surface area (Å²) in [6.07, 6.45) is 1.35. The molecular formula is C21H18FN3O4. The highest BCUT2D eigenvalue weighted by atomic mass is 19.1. The van der Waals surface area contributed by atoms with Gasteiger partial charge in [0.05, 0.1) is 19.9 Å². The molecule has 1 heterocycles. The van der Waals surface area contributed by atoms with Gasteiger partial charge in [-0.3, -0.25) is 14.6 Å². The number of rotatable bonds is 6. The van der Waals surface area contributed by atoms with Crippen LogP contribution in [0.1, 0.15) is 20.8 Å². The van der Waals surface area contributed by atoms with Gasteiger partial charge in [0.1, 0.15) is 23.0 Å². The largest absolute Gasteiger partial charge is 0.497 e. The molecule has 0 fully saturated rings. The Balaban J connectivity index is 1.78. The zero-order chi connectivity index (χ0) is 20.8. The number of nitrogens with zero attached hydrogens (tertiary/aromatic N) is 1. The molecule has 0 aliphatic carbocycles. The van der Waals surface area contributed by atoms with E-state index in [1.54, 1.807) is 24.3 Å². The predicted octanol–water partition coefficient (Wildman–Crippen LogP) is 3.74. The van der Waals surface area contributed by atoms with Crippen LogP contribution in [0, 0.1) is 5.82 Å². The highest BCUT2D eigenvalue weighted by Crippen LogP contribution is 2.29. The van der Waals surface area contributed by atoms with Gasteiger partial charge in [-0.15, -0.1) is 0 Å². The maximum absolute atomic E-state index is 13.3. The van der Waals surface area contributed by atoms with Crippen LogP contribution >= 0.6 is 0 Å². The average molecular weight is 395 g/mol. The van der Waals surface area contributed by atoms with Crippen molar-refractivity contribution in [3.63, 3.8) is 0 Å². The van der Waals surface area contributed by atoms with Crippen molar-refractivity contribution < 1.29 is 23.5 Å². The number of amides is 2. The summed E-state index contributed by atoms with van der Waals surface area (Å²) in [7, 11) is 2.99. The van der Waals surface area contributed by atoms with Crippen LogP contribution < -0.4 is 20.1 Å². The molecule has 2 aromatic carbocycles. The smallest absolute Gasteiger partial charge is 0.274 e. The molecule has 3 aromatic rings. The third-order valence-corrected chi connectivity index (χ3v) is 3.99. The average Bonchev–Trinajstić information content (AvgIpc) is 2.73. The number of benzene rings is 2. The molecule has 0 bridgehead atoms. The topological polar surface area (TPSA) is 89.5 Å². The Bertz CT molecular complexity index is 1060. The molecule has 2 N–H and O–H groups in total. The van der Waals surface area contributed by atoms with Crippen molar-refractivity contribution in [1.82, 2.24) is 4.98 Å². The summed E-state index contributed by atoms with van der Waals surface area (Å²) >= 11 is 0. The molecule has 0 saturated heterocycles. The first-order valence-electron chi connectivity index (χ1n) is 8.56. The van der Waals surface area contributed by atoms with Crippen LogP contribution in [-0.4, -0.2) is 31.0 Å². The van der Waals surface area contributed by atoms with Crippen molar-refractivity contribution in [1.29, 1.82) is 0 Å². The lowest BCUT2D eigenvalue weighted by Crippen LogP contribution is -2.17. The highest BCUT2D eigenvalue weighted by Gasteiger charge is 2.15. The number of pyridine rings is 1. The summed E-state index contributed by atoms with van der Waals surface area (Å²) in [5, 5.41) is 5.26. The van der Waals surface area contributed by atoms with Gasteiger partial charge in [-0.25, -0.2) is 4.39 Å². The zero-order valence-corrected chi connectivity index (χ0v) is 15.7. The molecule has 0 atom stereocenters. The van der Waals surface area contributed by atoms with E-state index in [9.17, 15) is 14.0 Å². The van der Waals surface area contributed by atoms with E-state index in [0.29, 0.717) is 22.9 Å². The third kappa shape index (κ3) is 4.86. The van der Waals surface area contributed by atoms with E-state index in [-0.39, 0.29) is 11.3 Å². The second-order valence-corrected chi connectivity index (χ2v) is 5.91. The summed E-state index contributed by atoms with van der Waals surface area (Å²) in [5.74, 6) is -0.510. The predicted molar refractivity (Wildman–Crippen MR) is 106 cm³/mol. The monoisotopic (exact) mass is 395 g/mol. The minimum Gasteiger partial charge on any atom is -0.497 e. The van der Waals surface area contributed by atoms with Crippen LogP contribution in [0.25, 0.3) is 0 Å². The minimum absolute atomic E-state index is 0.0294. The molecule has 3 rings (SSSR count). The van der Waals surface area contributed by atoms with E-state index in [1.807, 2.05) is 0 Å². The maximum atomic E-state index is 13.3. The fourth-order valence-electron chi connectivity index (χ4n) is 2.56. The lowest BCUT2D eigenvalue weighted by molar-refractivity contribution is 0.102. The van der Waals surface area contributed by atoms with E-state index >= 15 is 0 Å². The van der Waals surface area contributed by atoms with Crippen LogP contribution in [-0.2, 0) is 0 Å². The number of carbonyl (C=O) groups is 2. The van der Waals surface area contributed by atoms with Crippen molar-refractivity contribution in [2.75, 3.05) is 24.9 Å². The number of methoxy groups -OCH3 is 2. The molecule has 0 aliphatic heterocycles. The first-order chi connectivity index (χ1) is 14.0. The quantitative estimate of drug-likeness (QED) is 0.664. The van der Waals surface area contributed by atoms with E-state index in [2.05, 4.69) is 15.6 Å². The fraction of sp³-hybridized carbons (Fsp3) is 0.0952. The van der Waals surface area contributed by atoms with Gasteiger partial charge in [-0.2, -0.15) is 0 Å². The molecule has 148 valence electrons. The molecule has 8 heteroatoms. The fourth-order valence-corrected chi connectivity index (χ4v) is 2.56. The van der Waals surface area contributed by atoms with E-state index in [1.165, 1.54) is 50.7 Å². The second kappa shape index (κ2) is 8.83. The lowest BCUT2D eigenvalue weighted by Gasteiger charge is -2.12. The Hall–Kier alpha value is -3.94. The Morgan fingerprint density at radius 2 is 1.76 bits per heavy atom. The standard InChI is InChI=1S/C21H18FN3O4/c1-28-16-6-7-19(29-2)17(12-16)25-21(27)18-10-13(8-9-23-18)20(26)24-15-5-3-4-14(22)11-15/h3-12H,1-2H3,(H,24,26)(H,25,27). The Labute approximate surface area is 166 Å². The van der Waals surface area contributed by atoms with Crippen LogP contribution in [0.4, 0.5) is 15.8 Å². The molecular weight excluding hydrogens is 377 g/mol. The normalized spacial score (nSPS) is 10.2. The summed E-state index contributed by atoms with van der Waals surface area (Å²) in [5.41, 5.74) is 0.931. The van der Waals surface area contributed by atoms with E-state index in [4.69, 9.17) is 9.47 Å². The summed E-state index contributed by atoms with van der Waals surface area (Å²) < 4.78 is 23.7.